The molecule has 0 aliphatic carbocycles. The van der Waals surface area contributed by atoms with Gasteiger partial charge >= 0.3 is 17.9 Å². The van der Waals surface area contributed by atoms with E-state index < -0.39 is 23.8 Å². The molecule has 1 aliphatic heterocycles. The van der Waals surface area contributed by atoms with Crippen LogP contribution in [-0.4, -0.2) is 39.2 Å². The van der Waals surface area contributed by atoms with E-state index in [-0.39, 0.29) is 34.8 Å². The molecule has 1 aliphatic rings. The lowest BCUT2D eigenvalue weighted by molar-refractivity contribution is -0.140. The number of nitriles is 1. The van der Waals surface area contributed by atoms with Gasteiger partial charge in [0.1, 0.15) is 23.8 Å². The van der Waals surface area contributed by atoms with Crippen LogP contribution in [0, 0.1) is 11.3 Å². The van der Waals surface area contributed by atoms with Gasteiger partial charge in [0.15, 0.2) is 0 Å². The first kappa shape index (κ1) is 20.5. The zero-order valence-electron chi connectivity index (χ0n) is 15.5. The molecule has 0 spiro atoms. The second kappa shape index (κ2) is 8.73. The summed E-state index contributed by atoms with van der Waals surface area (Å²) in [5.41, 5.74) is 6.53. The molecule has 1 aromatic carbocycles. The Morgan fingerprint density at radius 3 is 2.18 bits per heavy atom. The maximum atomic E-state index is 12.5. The van der Waals surface area contributed by atoms with Gasteiger partial charge in [-0.25, -0.2) is 9.59 Å². The predicted molar refractivity (Wildman–Crippen MR) is 94.1 cm³/mol. The third-order valence-corrected chi connectivity index (χ3v) is 4.10. The zero-order chi connectivity index (χ0) is 20.8. The highest BCUT2D eigenvalue weighted by atomic mass is 16.5. The molecule has 9 nitrogen and oxygen atoms in total. The molecule has 0 amide bonds. The number of carbonyl (C=O) groups is 3. The standard InChI is InChI=1S/C19H18N2O7/c1-25-14(22)8-13-16(19(24)27-3)15(12(9-20)17(21)28-13)10-4-6-11(7-5-10)18(23)26-2/h4-7,15H,8,21H2,1-3H3. The predicted octanol–water partition coefficient (Wildman–Crippen LogP) is 1.27. The van der Waals surface area contributed by atoms with Crippen LogP contribution in [0.1, 0.15) is 28.3 Å². The number of esters is 3. The van der Waals surface area contributed by atoms with E-state index in [1.54, 1.807) is 12.1 Å². The summed E-state index contributed by atoms with van der Waals surface area (Å²) in [6, 6.07) is 7.99. The van der Waals surface area contributed by atoms with Crippen molar-refractivity contribution in [2.45, 2.75) is 12.3 Å². The SMILES string of the molecule is COC(=O)CC1=C(C(=O)OC)C(c2ccc(C(=O)OC)cc2)C(C#N)=C(N)O1. The van der Waals surface area contributed by atoms with E-state index in [0.29, 0.717) is 5.56 Å². The van der Waals surface area contributed by atoms with Crippen molar-refractivity contribution in [1.29, 1.82) is 5.26 Å². The van der Waals surface area contributed by atoms with E-state index in [4.69, 9.17) is 15.2 Å². The Labute approximate surface area is 160 Å². The second-order valence-corrected chi connectivity index (χ2v) is 5.62. The fourth-order valence-electron chi connectivity index (χ4n) is 2.75. The van der Waals surface area contributed by atoms with Crippen molar-refractivity contribution in [1.82, 2.24) is 0 Å². The third-order valence-electron chi connectivity index (χ3n) is 4.10. The molecule has 146 valence electrons. The molecule has 1 unspecified atom stereocenters. The first-order valence-electron chi connectivity index (χ1n) is 8.01. The highest BCUT2D eigenvalue weighted by molar-refractivity contribution is 5.94. The average Bonchev–Trinajstić information content (AvgIpc) is 2.72. The monoisotopic (exact) mass is 386 g/mol. The Morgan fingerprint density at radius 2 is 1.68 bits per heavy atom. The maximum Gasteiger partial charge on any atom is 0.338 e. The number of hydrogen-bond acceptors (Lipinski definition) is 9. The molecular weight excluding hydrogens is 368 g/mol. The summed E-state index contributed by atoms with van der Waals surface area (Å²) in [6.45, 7) is 0. The molecule has 2 N–H and O–H groups in total. The summed E-state index contributed by atoms with van der Waals surface area (Å²) in [5, 5.41) is 9.55. The first-order valence-corrected chi connectivity index (χ1v) is 8.01. The minimum absolute atomic E-state index is 0.0279. The highest BCUT2D eigenvalue weighted by Gasteiger charge is 2.38. The van der Waals surface area contributed by atoms with Gasteiger partial charge in [-0.2, -0.15) is 5.26 Å². The normalized spacial score (nSPS) is 16.0. The average molecular weight is 386 g/mol. The summed E-state index contributed by atoms with van der Waals surface area (Å²) in [4.78, 5) is 35.8. The van der Waals surface area contributed by atoms with Crippen molar-refractivity contribution in [2.24, 2.45) is 5.73 Å². The first-order chi connectivity index (χ1) is 13.4. The summed E-state index contributed by atoms with van der Waals surface area (Å²) in [5.74, 6) is -3.25. The van der Waals surface area contributed by atoms with Gasteiger partial charge in [0, 0.05) is 0 Å². The minimum Gasteiger partial charge on any atom is -0.469 e. The molecule has 0 radical (unpaired) electrons. The van der Waals surface area contributed by atoms with Crippen molar-refractivity contribution in [2.75, 3.05) is 21.3 Å². The van der Waals surface area contributed by atoms with E-state index in [0.717, 1.165) is 7.11 Å². The topological polar surface area (TPSA) is 138 Å². The van der Waals surface area contributed by atoms with Crippen molar-refractivity contribution in [3.63, 3.8) is 0 Å². The maximum absolute atomic E-state index is 12.5. The van der Waals surface area contributed by atoms with Crippen LogP contribution in [0.3, 0.4) is 0 Å². The zero-order valence-corrected chi connectivity index (χ0v) is 15.5. The van der Waals surface area contributed by atoms with Crippen LogP contribution < -0.4 is 5.73 Å². The number of methoxy groups -OCH3 is 3. The van der Waals surface area contributed by atoms with Crippen molar-refractivity contribution in [3.8, 4) is 6.07 Å². The number of allylic oxidation sites excluding steroid dienone is 1. The fourth-order valence-corrected chi connectivity index (χ4v) is 2.75. The van der Waals surface area contributed by atoms with Crippen molar-refractivity contribution >= 4 is 17.9 Å². The Kier molecular flexibility index (Phi) is 6.39. The van der Waals surface area contributed by atoms with Crippen molar-refractivity contribution in [3.05, 3.63) is 58.2 Å². The van der Waals surface area contributed by atoms with E-state index in [2.05, 4.69) is 9.47 Å². The van der Waals surface area contributed by atoms with E-state index in [1.807, 2.05) is 6.07 Å². The second-order valence-electron chi connectivity index (χ2n) is 5.62. The molecule has 2 rings (SSSR count). The third kappa shape index (κ3) is 3.96. The summed E-state index contributed by atoms with van der Waals surface area (Å²) >= 11 is 0. The Hall–Kier alpha value is -3.80. The van der Waals surface area contributed by atoms with Crippen LogP contribution in [0.25, 0.3) is 0 Å². The van der Waals surface area contributed by atoms with Crippen LogP contribution in [0.2, 0.25) is 0 Å². The fraction of sp³-hybridized carbons (Fsp3) is 0.263. The Balaban J connectivity index is 2.63. The van der Waals surface area contributed by atoms with Crippen molar-refractivity contribution < 1.29 is 33.3 Å². The van der Waals surface area contributed by atoms with Crippen LogP contribution in [0.15, 0.2) is 47.1 Å². The lowest BCUT2D eigenvalue weighted by atomic mass is 9.82. The van der Waals surface area contributed by atoms with Gasteiger partial charge in [-0.1, -0.05) is 12.1 Å². The number of ether oxygens (including phenoxy) is 4. The van der Waals surface area contributed by atoms with Gasteiger partial charge in [-0.3, -0.25) is 4.79 Å². The molecule has 0 bridgehead atoms. The molecule has 1 aromatic rings. The smallest absolute Gasteiger partial charge is 0.338 e. The number of rotatable bonds is 5. The van der Waals surface area contributed by atoms with Crippen LogP contribution in [0.5, 0.6) is 0 Å². The van der Waals surface area contributed by atoms with E-state index in [1.165, 1.54) is 26.4 Å². The van der Waals surface area contributed by atoms with Gasteiger partial charge in [-0.05, 0) is 17.7 Å². The molecule has 1 atom stereocenters. The Morgan fingerprint density at radius 1 is 1.07 bits per heavy atom. The lowest BCUT2D eigenvalue weighted by Gasteiger charge is -2.27. The van der Waals surface area contributed by atoms with Gasteiger partial charge in [0.2, 0.25) is 5.88 Å². The largest absolute Gasteiger partial charge is 0.469 e. The van der Waals surface area contributed by atoms with Crippen LogP contribution in [-0.2, 0) is 28.5 Å². The molecule has 0 saturated heterocycles. The number of carbonyl (C=O) groups excluding carboxylic acids is 3. The molecule has 1 heterocycles. The lowest BCUT2D eigenvalue weighted by Crippen LogP contribution is -2.27. The molecular formula is C19H18N2O7. The van der Waals surface area contributed by atoms with Gasteiger partial charge in [-0.15, -0.1) is 0 Å². The Bertz CT molecular complexity index is 907. The van der Waals surface area contributed by atoms with Gasteiger partial charge in [0.25, 0.3) is 0 Å². The number of benzene rings is 1. The molecule has 0 fully saturated rings. The van der Waals surface area contributed by atoms with Gasteiger partial charge in [0.05, 0.1) is 38.4 Å². The molecule has 28 heavy (non-hydrogen) atoms. The quantitative estimate of drug-likeness (QED) is 0.585. The number of nitrogens with two attached hydrogens (primary N) is 1. The van der Waals surface area contributed by atoms with E-state index in [9.17, 15) is 19.6 Å². The highest BCUT2D eigenvalue weighted by Crippen LogP contribution is 2.40. The van der Waals surface area contributed by atoms with Crippen LogP contribution >= 0.6 is 0 Å². The minimum atomic E-state index is -0.947. The molecule has 0 aromatic heterocycles. The number of hydrogen-bond donors (Lipinski definition) is 1. The number of nitrogens with zero attached hydrogens (tertiary/aromatic N) is 1. The summed E-state index contributed by atoms with van der Waals surface area (Å²) in [6.07, 6.45) is -0.378. The van der Waals surface area contributed by atoms with E-state index >= 15 is 0 Å². The van der Waals surface area contributed by atoms with Crippen LogP contribution in [0.4, 0.5) is 0 Å². The molecule has 0 saturated carbocycles. The molecule has 9 heteroatoms. The van der Waals surface area contributed by atoms with Gasteiger partial charge < -0.3 is 24.7 Å². The summed E-state index contributed by atoms with van der Waals surface area (Å²) in [7, 11) is 3.60. The summed E-state index contributed by atoms with van der Waals surface area (Å²) < 4.78 is 19.5.